The fourth-order valence-electron chi connectivity index (χ4n) is 3.09. The van der Waals surface area contributed by atoms with Gasteiger partial charge in [0.1, 0.15) is 17.2 Å². The van der Waals surface area contributed by atoms with E-state index < -0.39 is 0 Å². The van der Waals surface area contributed by atoms with Crippen molar-refractivity contribution in [3.05, 3.63) is 53.9 Å². The van der Waals surface area contributed by atoms with Gasteiger partial charge in [-0.1, -0.05) is 30.8 Å². The van der Waals surface area contributed by atoms with Crippen molar-refractivity contribution in [1.82, 2.24) is 14.8 Å². The number of amides is 1. The van der Waals surface area contributed by atoms with Gasteiger partial charge in [-0.2, -0.15) is 0 Å². The van der Waals surface area contributed by atoms with E-state index in [4.69, 9.17) is 14.2 Å². The average Bonchev–Trinajstić information content (AvgIpc) is 3.18. The molecule has 0 aliphatic heterocycles. The van der Waals surface area contributed by atoms with Gasteiger partial charge in [-0.15, -0.1) is 10.2 Å². The Kier molecular flexibility index (Phi) is 7.99. The van der Waals surface area contributed by atoms with Crippen molar-refractivity contribution in [2.75, 3.05) is 25.3 Å². The zero-order valence-electron chi connectivity index (χ0n) is 18.9. The number of thioether (sulfide) groups is 1. The largest absolute Gasteiger partial charge is 0.497 e. The molecule has 0 radical (unpaired) electrons. The van der Waals surface area contributed by atoms with Crippen LogP contribution in [0.15, 0.2) is 47.6 Å². The Morgan fingerprint density at radius 3 is 2.47 bits per heavy atom. The number of aromatic nitrogens is 3. The molecule has 0 bridgehead atoms. The SMILES string of the molecule is CCc1ccc(OC(C)c2nnc(SCC(=O)Nc3cc(OC)ccc3OC)n2C)cc1. The predicted octanol–water partition coefficient (Wildman–Crippen LogP) is 4.27. The molecular formula is C23H28N4O4S. The summed E-state index contributed by atoms with van der Waals surface area (Å²) in [6.45, 7) is 4.04. The first-order valence-corrected chi connectivity index (χ1v) is 11.2. The number of carbonyl (C=O) groups is 1. The van der Waals surface area contributed by atoms with Crippen molar-refractivity contribution >= 4 is 23.4 Å². The second kappa shape index (κ2) is 10.9. The van der Waals surface area contributed by atoms with Crippen LogP contribution < -0.4 is 19.5 Å². The summed E-state index contributed by atoms with van der Waals surface area (Å²) in [6, 6.07) is 13.2. The van der Waals surface area contributed by atoms with E-state index in [1.54, 1.807) is 32.4 Å². The molecule has 1 atom stereocenters. The molecule has 0 fully saturated rings. The number of nitrogens with zero attached hydrogens (tertiary/aromatic N) is 3. The standard InChI is InChI=1S/C23H28N4O4S/c1-6-16-7-9-17(10-8-16)31-15(2)22-25-26-23(27(22)3)32-14-21(28)24-19-13-18(29-4)11-12-20(19)30-5/h7-13,15H,6,14H2,1-5H3,(H,24,28). The molecule has 1 N–H and O–H groups in total. The summed E-state index contributed by atoms with van der Waals surface area (Å²) >= 11 is 1.30. The second-order valence-corrected chi connectivity index (χ2v) is 8.00. The highest BCUT2D eigenvalue weighted by atomic mass is 32.2. The lowest BCUT2D eigenvalue weighted by Crippen LogP contribution is -2.15. The number of carbonyl (C=O) groups excluding carboxylic acids is 1. The second-order valence-electron chi connectivity index (χ2n) is 7.06. The number of benzene rings is 2. The number of hydrogen-bond donors (Lipinski definition) is 1. The number of hydrogen-bond acceptors (Lipinski definition) is 7. The Labute approximate surface area is 192 Å². The highest BCUT2D eigenvalue weighted by molar-refractivity contribution is 7.99. The minimum atomic E-state index is -0.288. The Balaban J connectivity index is 1.60. The summed E-state index contributed by atoms with van der Waals surface area (Å²) in [6.07, 6.45) is 0.696. The van der Waals surface area contributed by atoms with Crippen molar-refractivity contribution in [2.45, 2.75) is 31.5 Å². The molecule has 1 aromatic heterocycles. The zero-order chi connectivity index (χ0) is 23.1. The van der Waals surface area contributed by atoms with Crippen molar-refractivity contribution in [3.8, 4) is 17.2 Å². The van der Waals surface area contributed by atoms with E-state index in [1.807, 2.05) is 30.7 Å². The first-order valence-electron chi connectivity index (χ1n) is 10.2. The van der Waals surface area contributed by atoms with E-state index in [-0.39, 0.29) is 17.8 Å². The number of rotatable bonds is 10. The molecule has 2 aromatic carbocycles. The smallest absolute Gasteiger partial charge is 0.234 e. The van der Waals surface area contributed by atoms with Crippen LogP contribution in [0.4, 0.5) is 5.69 Å². The van der Waals surface area contributed by atoms with Crippen molar-refractivity contribution in [3.63, 3.8) is 0 Å². The van der Waals surface area contributed by atoms with Crippen LogP contribution in [-0.4, -0.2) is 40.6 Å². The molecule has 3 rings (SSSR count). The summed E-state index contributed by atoms with van der Waals surface area (Å²) in [5.41, 5.74) is 1.81. The first kappa shape index (κ1) is 23.5. The van der Waals surface area contributed by atoms with Crippen LogP contribution in [0.2, 0.25) is 0 Å². The lowest BCUT2D eigenvalue weighted by molar-refractivity contribution is -0.113. The number of ether oxygens (including phenoxy) is 3. The number of methoxy groups -OCH3 is 2. The van der Waals surface area contributed by atoms with Crippen LogP contribution in [0.25, 0.3) is 0 Å². The molecule has 0 aliphatic carbocycles. The van der Waals surface area contributed by atoms with Crippen LogP contribution in [0, 0.1) is 0 Å². The molecule has 0 saturated heterocycles. The van der Waals surface area contributed by atoms with E-state index in [1.165, 1.54) is 17.3 Å². The number of anilines is 1. The lowest BCUT2D eigenvalue weighted by Gasteiger charge is -2.14. The zero-order valence-corrected chi connectivity index (χ0v) is 19.7. The van der Waals surface area contributed by atoms with Crippen LogP contribution in [-0.2, 0) is 18.3 Å². The Morgan fingerprint density at radius 1 is 1.09 bits per heavy atom. The monoisotopic (exact) mass is 456 g/mol. The molecule has 3 aromatic rings. The third-order valence-corrected chi connectivity index (χ3v) is 5.91. The minimum absolute atomic E-state index is 0.167. The molecule has 1 amide bonds. The molecule has 0 spiro atoms. The fourth-order valence-corrected chi connectivity index (χ4v) is 3.81. The summed E-state index contributed by atoms with van der Waals surface area (Å²) in [7, 11) is 4.98. The molecule has 32 heavy (non-hydrogen) atoms. The summed E-state index contributed by atoms with van der Waals surface area (Å²) in [4.78, 5) is 12.5. The molecular weight excluding hydrogens is 428 g/mol. The van der Waals surface area contributed by atoms with Crippen LogP contribution in [0.5, 0.6) is 17.2 Å². The first-order chi connectivity index (χ1) is 15.4. The van der Waals surface area contributed by atoms with Gasteiger partial charge in [-0.3, -0.25) is 4.79 Å². The van der Waals surface area contributed by atoms with Crippen molar-refractivity contribution < 1.29 is 19.0 Å². The van der Waals surface area contributed by atoms with E-state index in [2.05, 4.69) is 34.6 Å². The fraction of sp³-hybridized carbons (Fsp3) is 0.348. The van der Waals surface area contributed by atoms with Gasteiger partial charge >= 0.3 is 0 Å². The summed E-state index contributed by atoms with van der Waals surface area (Å²) in [5.74, 6) is 2.62. The minimum Gasteiger partial charge on any atom is -0.497 e. The Hall–Kier alpha value is -3.20. The van der Waals surface area contributed by atoms with Gasteiger partial charge in [0, 0.05) is 13.1 Å². The summed E-state index contributed by atoms with van der Waals surface area (Å²) < 4.78 is 18.4. The van der Waals surface area contributed by atoms with E-state index >= 15 is 0 Å². The highest BCUT2D eigenvalue weighted by Gasteiger charge is 2.18. The van der Waals surface area contributed by atoms with Gasteiger partial charge in [0.2, 0.25) is 5.91 Å². The predicted molar refractivity (Wildman–Crippen MR) is 125 cm³/mol. The quantitative estimate of drug-likeness (QED) is 0.456. The Morgan fingerprint density at radius 2 is 1.81 bits per heavy atom. The molecule has 9 heteroatoms. The normalized spacial score (nSPS) is 11.7. The third-order valence-electron chi connectivity index (χ3n) is 4.89. The van der Waals surface area contributed by atoms with Crippen LogP contribution in [0.1, 0.15) is 31.3 Å². The molecule has 0 saturated carbocycles. The number of aryl methyl sites for hydroxylation is 1. The lowest BCUT2D eigenvalue weighted by atomic mass is 10.2. The Bertz CT molecular complexity index is 1050. The van der Waals surface area contributed by atoms with E-state index in [0.717, 1.165) is 12.2 Å². The van der Waals surface area contributed by atoms with Gasteiger partial charge in [-0.25, -0.2) is 0 Å². The van der Waals surface area contributed by atoms with Gasteiger partial charge in [-0.05, 0) is 43.2 Å². The molecule has 0 aliphatic rings. The summed E-state index contributed by atoms with van der Waals surface area (Å²) in [5, 5.41) is 12.0. The van der Waals surface area contributed by atoms with E-state index in [9.17, 15) is 4.79 Å². The van der Waals surface area contributed by atoms with Gasteiger partial charge < -0.3 is 24.1 Å². The topological polar surface area (TPSA) is 87.5 Å². The third kappa shape index (κ3) is 5.73. The average molecular weight is 457 g/mol. The van der Waals surface area contributed by atoms with Gasteiger partial charge in [0.15, 0.2) is 17.1 Å². The van der Waals surface area contributed by atoms with E-state index in [0.29, 0.717) is 28.2 Å². The van der Waals surface area contributed by atoms with Crippen LogP contribution in [0.3, 0.4) is 0 Å². The van der Waals surface area contributed by atoms with Gasteiger partial charge in [0.25, 0.3) is 0 Å². The highest BCUT2D eigenvalue weighted by Crippen LogP contribution is 2.29. The molecule has 8 nitrogen and oxygen atoms in total. The molecule has 1 heterocycles. The maximum Gasteiger partial charge on any atom is 0.234 e. The van der Waals surface area contributed by atoms with Crippen molar-refractivity contribution in [2.24, 2.45) is 7.05 Å². The maximum atomic E-state index is 12.5. The molecule has 170 valence electrons. The maximum absolute atomic E-state index is 12.5. The van der Waals surface area contributed by atoms with Crippen LogP contribution >= 0.6 is 11.8 Å². The van der Waals surface area contributed by atoms with Gasteiger partial charge in [0.05, 0.1) is 25.7 Å². The molecule has 1 unspecified atom stereocenters. The number of nitrogens with one attached hydrogen (secondary N) is 1. The van der Waals surface area contributed by atoms with Crippen molar-refractivity contribution in [1.29, 1.82) is 0 Å².